The molecule has 0 saturated heterocycles. The van der Waals surface area contributed by atoms with Gasteiger partial charge in [0.2, 0.25) is 0 Å². The lowest BCUT2D eigenvalue weighted by Gasteiger charge is -2.31. The summed E-state index contributed by atoms with van der Waals surface area (Å²) < 4.78 is 17.0. The number of aliphatic hydroxyl groups is 1. The lowest BCUT2D eigenvalue weighted by Crippen LogP contribution is -2.55. The maximum atomic E-state index is 14.2. The van der Waals surface area contributed by atoms with E-state index in [-0.39, 0.29) is 24.7 Å². The van der Waals surface area contributed by atoms with E-state index in [0.717, 1.165) is 69.1 Å². The molecule has 468 valence electrons. The summed E-state index contributed by atoms with van der Waals surface area (Å²) in [6.45, 7) is 7.03. The average Bonchev–Trinajstić information content (AvgIpc) is 4.01. The molecule has 2 unspecified atom stereocenters. The normalized spacial score (nSPS) is 12.7. The molecule has 80 heavy (non-hydrogen) atoms. The smallest absolute Gasteiger partial charge is 0.340 e. The summed E-state index contributed by atoms with van der Waals surface area (Å²) in [5.41, 5.74) is -2.79. The Morgan fingerprint density at radius 2 is 0.625 bits per heavy atom. The number of unbranched alkanes of at least 4 members (excludes halogenated alkanes) is 51. The van der Waals surface area contributed by atoms with Gasteiger partial charge in [0.1, 0.15) is 0 Å². The van der Waals surface area contributed by atoms with Gasteiger partial charge < -0.3 is 19.3 Å². The van der Waals surface area contributed by atoms with Crippen molar-refractivity contribution in [3.8, 4) is 0 Å². The molecule has 1 aromatic rings. The van der Waals surface area contributed by atoms with Crippen molar-refractivity contribution in [2.24, 2.45) is 5.92 Å². The van der Waals surface area contributed by atoms with Crippen molar-refractivity contribution in [1.29, 1.82) is 0 Å². The molecule has 1 aromatic heterocycles. The number of ether oxygens (including phenoxy) is 3. The van der Waals surface area contributed by atoms with E-state index in [4.69, 9.17) is 14.2 Å². The van der Waals surface area contributed by atoms with Crippen molar-refractivity contribution in [2.45, 2.75) is 380 Å². The van der Waals surface area contributed by atoms with Gasteiger partial charge in [-0.1, -0.05) is 354 Å². The van der Waals surface area contributed by atoms with Crippen LogP contribution in [0.1, 0.15) is 384 Å². The van der Waals surface area contributed by atoms with Crippen LogP contribution in [0.3, 0.4) is 0 Å². The van der Waals surface area contributed by atoms with Gasteiger partial charge in [-0.25, -0.2) is 4.79 Å². The van der Waals surface area contributed by atoms with E-state index in [0.29, 0.717) is 19.3 Å². The van der Waals surface area contributed by atoms with Crippen molar-refractivity contribution in [2.75, 3.05) is 19.8 Å². The Balaban J connectivity index is 2.62. The van der Waals surface area contributed by atoms with Crippen LogP contribution in [0.4, 0.5) is 0 Å². The monoisotopic (exact) mass is 1140 g/mol. The fraction of sp³-hybridized carbons (Fsp3) is 0.887. The zero-order valence-corrected chi connectivity index (χ0v) is 53.9. The Bertz CT molecular complexity index is 1500. The van der Waals surface area contributed by atoms with Crippen LogP contribution >= 0.6 is 11.3 Å². The van der Waals surface area contributed by atoms with Crippen LogP contribution < -0.4 is 0 Å². The maximum Gasteiger partial charge on any atom is 0.340 e. The molecule has 0 aromatic carbocycles. The number of carbonyl (C=O) groups excluding carboxylic acids is 4. The quantitative estimate of drug-likeness (QED) is 0.0225. The Hall–Kier alpha value is -2.26. The Morgan fingerprint density at radius 1 is 0.375 bits per heavy atom. The van der Waals surface area contributed by atoms with Crippen molar-refractivity contribution in [3.05, 3.63) is 22.4 Å². The highest BCUT2D eigenvalue weighted by Crippen LogP contribution is 2.32. The SMILES string of the molecule is CCCCCCCCCCCCCCCCCCCCOC(=O)CC(O)(C(=O)OCCCCCCCCCCCCCCCCCCCC)C(C(=O)OCCCCCCCCCCCCCCCCCCCC)C(=O)c1cccs1. The van der Waals surface area contributed by atoms with Gasteiger partial charge in [-0.3, -0.25) is 14.4 Å². The highest BCUT2D eigenvalue weighted by atomic mass is 32.1. The van der Waals surface area contributed by atoms with Crippen LogP contribution in [-0.4, -0.2) is 54.2 Å². The summed E-state index contributed by atoms with van der Waals surface area (Å²) in [5.74, 6) is -5.74. The topological polar surface area (TPSA) is 116 Å². The van der Waals surface area contributed by atoms with Gasteiger partial charge in [0, 0.05) is 0 Å². The first-order chi connectivity index (χ1) is 39.3. The van der Waals surface area contributed by atoms with Crippen LogP contribution in [0, 0.1) is 5.92 Å². The molecule has 0 amide bonds. The lowest BCUT2D eigenvalue weighted by molar-refractivity contribution is -0.183. The number of ketones is 1. The van der Waals surface area contributed by atoms with E-state index >= 15 is 0 Å². The fourth-order valence-corrected chi connectivity index (χ4v) is 12.1. The molecule has 0 spiro atoms. The minimum Gasteiger partial charge on any atom is -0.466 e. The molecule has 9 heteroatoms. The third-order valence-electron chi connectivity index (χ3n) is 16.7. The van der Waals surface area contributed by atoms with Gasteiger partial charge in [0.15, 0.2) is 17.3 Å². The molecule has 0 bridgehead atoms. The second-order valence-corrected chi connectivity index (χ2v) is 25.4. The molecule has 0 radical (unpaired) electrons. The summed E-state index contributed by atoms with van der Waals surface area (Å²) in [7, 11) is 0. The van der Waals surface area contributed by atoms with E-state index in [2.05, 4.69) is 20.8 Å². The standard InChI is InChI=1S/C71H130O8S/c1-4-7-10-13-16-19-22-25-28-31-34-37-40-43-46-49-52-55-60-77-66(72)64-71(76,70(75)79-62-57-54-51-48-45-42-39-36-33-30-27-24-21-18-15-12-9-6-3)67(68(73)65-59-58-63-80-65)69(74)78-61-56-53-50-47-44-41-38-35-32-29-26-23-20-17-14-11-8-5-2/h58-59,63,67,76H,4-57,60-62,64H2,1-3H3. The molecular weight excluding hydrogens is 1010 g/mol. The average molecular weight is 1140 g/mol. The van der Waals surface area contributed by atoms with Gasteiger partial charge >= 0.3 is 17.9 Å². The number of carbonyl (C=O) groups is 4. The van der Waals surface area contributed by atoms with E-state index in [1.807, 2.05) is 0 Å². The first-order valence-electron chi connectivity index (χ1n) is 35.1. The number of rotatable bonds is 64. The van der Waals surface area contributed by atoms with Gasteiger partial charge in [0.05, 0.1) is 31.1 Å². The van der Waals surface area contributed by atoms with Gasteiger partial charge in [-0.05, 0) is 30.7 Å². The summed E-state index contributed by atoms with van der Waals surface area (Å²) in [4.78, 5) is 56.0. The van der Waals surface area contributed by atoms with E-state index < -0.39 is 41.6 Å². The van der Waals surface area contributed by atoms with E-state index in [9.17, 15) is 24.3 Å². The fourth-order valence-electron chi connectivity index (χ4n) is 11.4. The van der Waals surface area contributed by atoms with Crippen LogP contribution in [0.25, 0.3) is 0 Å². The van der Waals surface area contributed by atoms with Crippen LogP contribution in [-0.2, 0) is 28.6 Å². The zero-order chi connectivity index (χ0) is 57.9. The highest BCUT2D eigenvalue weighted by Gasteiger charge is 2.56. The zero-order valence-electron chi connectivity index (χ0n) is 53.0. The summed E-state index contributed by atoms with van der Waals surface area (Å²) >= 11 is 1.11. The Morgan fingerprint density at radius 3 is 0.887 bits per heavy atom. The lowest BCUT2D eigenvalue weighted by atomic mass is 9.80. The number of hydrogen-bond acceptors (Lipinski definition) is 9. The molecule has 0 aliphatic rings. The third kappa shape index (κ3) is 45.2. The van der Waals surface area contributed by atoms with Gasteiger partial charge in [-0.2, -0.15) is 0 Å². The first-order valence-corrected chi connectivity index (χ1v) is 36.0. The minimum absolute atomic E-state index is 0.0164. The van der Waals surface area contributed by atoms with Gasteiger partial charge in [0.25, 0.3) is 0 Å². The van der Waals surface area contributed by atoms with Crippen molar-refractivity contribution >= 4 is 35.0 Å². The Kier molecular flexibility index (Phi) is 55.4. The molecule has 0 aliphatic carbocycles. The predicted molar refractivity (Wildman–Crippen MR) is 341 cm³/mol. The summed E-state index contributed by atoms with van der Waals surface area (Å²) in [6.07, 6.45) is 66.4. The minimum atomic E-state index is -2.79. The number of thiophene rings is 1. The highest BCUT2D eigenvalue weighted by molar-refractivity contribution is 7.12. The number of hydrogen-bond donors (Lipinski definition) is 1. The van der Waals surface area contributed by atoms with Gasteiger partial charge in [-0.15, -0.1) is 11.3 Å². The molecular formula is C71H130O8S. The maximum absolute atomic E-state index is 14.2. The van der Waals surface area contributed by atoms with Crippen molar-refractivity contribution in [3.63, 3.8) is 0 Å². The molecule has 1 heterocycles. The molecule has 0 aliphatic heterocycles. The van der Waals surface area contributed by atoms with E-state index in [1.54, 1.807) is 17.5 Å². The largest absolute Gasteiger partial charge is 0.466 e. The summed E-state index contributed by atoms with van der Waals surface area (Å²) in [5, 5.41) is 14.0. The third-order valence-corrected chi connectivity index (χ3v) is 17.6. The van der Waals surface area contributed by atoms with E-state index in [1.165, 1.54) is 270 Å². The van der Waals surface area contributed by atoms with Crippen LogP contribution in [0.15, 0.2) is 17.5 Å². The first kappa shape index (κ1) is 75.8. The Labute approximate surface area is 498 Å². The molecule has 0 saturated carbocycles. The molecule has 1 rings (SSSR count). The second-order valence-electron chi connectivity index (χ2n) is 24.4. The number of esters is 3. The van der Waals surface area contributed by atoms with Crippen LogP contribution in [0.2, 0.25) is 0 Å². The molecule has 0 fully saturated rings. The predicted octanol–water partition coefficient (Wildman–Crippen LogP) is 22.4. The van der Waals surface area contributed by atoms with Crippen molar-refractivity contribution < 1.29 is 38.5 Å². The second kappa shape index (κ2) is 58.5. The molecule has 2 atom stereocenters. The summed E-state index contributed by atoms with van der Waals surface area (Å²) in [6, 6.07) is 3.24. The molecule has 1 N–H and O–H groups in total. The molecule has 8 nitrogen and oxygen atoms in total. The van der Waals surface area contributed by atoms with Crippen molar-refractivity contribution in [1.82, 2.24) is 0 Å². The number of Topliss-reactive ketones (excluding diaryl/α,β-unsaturated/α-hetero) is 1. The van der Waals surface area contributed by atoms with Crippen LogP contribution in [0.5, 0.6) is 0 Å².